The van der Waals surface area contributed by atoms with E-state index >= 15 is 0 Å². The van der Waals surface area contributed by atoms with Gasteiger partial charge in [-0.05, 0) is 25.6 Å². The van der Waals surface area contributed by atoms with E-state index in [9.17, 15) is 0 Å². The highest BCUT2D eigenvalue weighted by atomic mass is 16.5. The predicted octanol–water partition coefficient (Wildman–Crippen LogP) is 2.92. The van der Waals surface area contributed by atoms with Gasteiger partial charge < -0.3 is 9.64 Å². The first-order valence-electron chi connectivity index (χ1n) is 5.99. The van der Waals surface area contributed by atoms with Crippen LogP contribution in [0, 0.1) is 6.92 Å². The Morgan fingerprint density at radius 2 is 1.81 bits per heavy atom. The van der Waals surface area contributed by atoms with Gasteiger partial charge in [-0.1, -0.05) is 44.2 Å². The lowest BCUT2D eigenvalue weighted by Gasteiger charge is -2.20. The zero-order chi connectivity index (χ0) is 11.8. The highest BCUT2D eigenvalue weighted by Gasteiger charge is 2.05. The minimum Gasteiger partial charge on any atom is -0.372 e. The van der Waals surface area contributed by atoms with E-state index in [1.54, 1.807) is 0 Å². The van der Waals surface area contributed by atoms with Crippen molar-refractivity contribution in [3.63, 3.8) is 0 Å². The van der Waals surface area contributed by atoms with Crippen molar-refractivity contribution < 1.29 is 4.74 Å². The molecule has 0 heterocycles. The molecule has 0 amide bonds. The standard InChI is InChI=1S/C14H22NO/c1-4-15(5-2)11-12-16-13(3)14-9-7-6-8-10-14/h6-10,13H,3-5,11-12H2,1-2H3. The van der Waals surface area contributed by atoms with Gasteiger partial charge >= 0.3 is 0 Å². The van der Waals surface area contributed by atoms with Crippen LogP contribution in [0.4, 0.5) is 0 Å². The molecule has 0 bridgehead atoms. The van der Waals surface area contributed by atoms with Gasteiger partial charge in [-0.2, -0.15) is 0 Å². The molecule has 89 valence electrons. The Hall–Kier alpha value is -0.860. The van der Waals surface area contributed by atoms with Crippen molar-refractivity contribution in [2.45, 2.75) is 20.0 Å². The van der Waals surface area contributed by atoms with E-state index in [1.165, 1.54) is 0 Å². The molecule has 1 rings (SSSR count). The zero-order valence-corrected chi connectivity index (χ0v) is 10.4. The minimum absolute atomic E-state index is 0.0586. The maximum absolute atomic E-state index is 5.71. The molecule has 0 aliphatic heterocycles. The summed E-state index contributed by atoms with van der Waals surface area (Å²) in [6.45, 7) is 12.2. The Bertz CT molecular complexity index is 269. The number of benzene rings is 1. The lowest BCUT2D eigenvalue weighted by molar-refractivity contribution is 0.0646. The summed E-state index contributed by atoms with van der Waals surface area (Å²) in [6, 6.07) is 10.1. The Kier molecular flexibility index (Phi) is 6.12. The van der Waals surface area contributed by atoms with Gasteiger partial charge in [0.25, 0.3) is 0 Å². The van der Waals surface area contributed by atoms with Gasteiger partial charge in [0.15, 0.2) is 0 Å². The quantitative estimate of drug-likeness (QED) is 0.700. The Labute approximate surface area is 99.2 Å². The average molecular weight is 220 g/mol. The van der Waals surface area contributed by atoms with Gasteiger partial charge in [-0.15, -0.1) is 0 Å². The summed E-state index contributed by atoms with van der Waals surface area (Å²) in [5.41, 5.74) is 1.14. The fourth-order valence-electron chi connectivity index (χ4n) is 1.63. The van der Waals surface area contributed by atoms with Crippen LogP contribution in [0.1, 0.15) is 25.5 Å². The van der Waals surface area contributed by atoms with Crippen LogP contribution in [0.2, 0.25) is 0 Å². The van der Waals surface area contributed by atoms with Crippen molar-refractivity contribution in [1.29, 1.82) is 0 Å². The van der Waals surface area contributed by atoms with Crippen LogP contribution in [0.25, 0.3) is 0 Å². The second-order valence-corrected chi connectivity index (χ2v) is 3.80. The summed E-state index contributed by atoms with van der Waals surface area (Å²) in [5.74, 6) is 0. The fraction of sp³-hybridized carbons (Fsp3) is 0.500. The van der Waals surface area contributed by atoms with Crippen molar-refractivity contribution in [3.05, 3.63) is 42.8 Å². The first kappa shape index (κ1) is 13.2. The maximum atomic E-state index is 5.71. The van der Waals surface area contributed by atoms with E-state index in [0.717, 1.165) is 31.8 Å². The second kappa shape index (κ2) is 7.42. The van der Waals surface area contributed by atoms with Gasteiger partial charge in [0.1, 0.15) is 0 Å². The van der Waals surface area contributed by atoms with E-state index in [1.807, 2.05) is 18.2 Å². The minimum atomic E-state index is -0.0586. The summed E-state index contributed by atoms with van der Waals surface area (Å²) in [4.78, 5) is 2.34. The van der Waals surface area contributed by atoms with E-state index in [-0.39, 0.29) is 6.10 Å². The molecular weight excluding hydrogens is 198 g/mol. The smallest absolute Gasteiger partial charge is 0.0826 e. The fourth-order valence-corrected chi connectivity index (χ4v) is 1.63. The van der Waals surface area contributed by atoms with Crippen molar-refractivity contribution in [1.82, 2.24) is 4.90 Å². The van der Waals surface area contributed by atoms with Gasteiger partial charge in [0, 0.05) is 6.54 Å². The van der Waals surface area contributed by atoms with Crippen LogP contribution in [-0.4, -0.2) is 31.1 Å². The molecule has 0 aromatic heterocycles. The second-order valence-electron chi connectivity index (χ2n) is 3.80. The molecule has 0 saturated carbocycles. The Balaban J connectivity index is 2.28. The number of hydrogen-bond donors (Lipinski definition) is 0. The Morgan fingerprint density at radius 1 is 1.19 bits per heavy atom. The number of likely N-dealkylation sites (N-methyl/N-ethyl adjacent to an activating group) is 1. The Morgan fingerprint density at radius 3 is 2.38 bits per heavy atom. The van der Waals surface area contributed by atoms with Crippen LogP contribution in [-0.2, 0) is 4.74 Å². The molecular formula is C14H22NO. The van der Waals surface area contributed by atoms with Crippen LogP contribution in [0.3, 0.4) is 0 Å². The summed E-state index contributed by atoms with van der Waals surface area (Å²) in [5, 5.41) is 0. The third kappa shape index (κ3) is 4.33. The van der Waals surface area contributed by atoms with Crippen LogP contribution in [0.5, 0.6) is 0 Å². The molecule has 0 fully saturated rings. The number of hydrogen-bond acceptors (Lipinski definition) is 2. The molecule has 2 heteroatoms. The van der Waals surface area contributed by atoms with E-state index in [2.05, 4.69) is 37.8 Å². The largest absolute Gasteiger partial charge is 0.372 e. The number of nitrogens with zero attached hydrogens (tertiary/aromatic N) is 1. The zero-order valence-electron chi connectivity index (χ0n) is 10.4. The predicted molar refractivity (Wildman–Crippen MR) is 68.3 cm³/mol. The highest BCUT2D eigenvalue weighted by Crippen LogP contribution is 2.14. The molecule has 1 aromatic rings. The van der Waals surface area contributed by atoms with Crippen molar-refractivity contribution in [2.24, 2.45) is 0 Å². The lowest BCUT2D eigenvalue weighted by Crippen LogP contribution is -2.27. The third-order valence-electron chi connectivity index (χ3n) is 2.79. The SMILES string of the molecule is [CH2]C(OCCN(CC)CC)c1ccccc1. The number of ether oxygens (including phenoxy) is 1. The molecule has 16 heavy (non-hydrogen) atoms. The summed E-state index contributed by atoms with van der Waals surface area (Å²) in [6.07, 6.45) is -0.0586. The summed E-state index contributed by atoms with van der Waals surface area (Å²) in [7, 11) is 0. The molecule has 1 radical (unpaired) electrons. The number of rotatable bonds is 7. The third-order valence-corrected chi connectivity index (χ3v) is 2.79. The van der Waals surface area contributed by atoms with E-state index in [0.29, 0.717) is 0 Å². The molecule has 0 saturated heterocycles. The van der Waals surface area contributed by atoms with Crippen LogP contribution < -0.4 is 0 Å². The van der Waals surface area contributed by atoms with Gasteiger partial charge in [-0.25, -0.2) is 0 Å². The van der Waals surface area contributed by atoms with Crippen LogP contribution in [0.15, 0.2) is 30.3 Å². The van der Waals surface area contributed by atoms with Gasteiger partial charge in [-0.3, -0.25) is 0 Å². The van der Waals surface area contributed by atoms with Gasteiger partial charge in [0.05, 0.1) is 12.7 Å². The van der Waals surface area contributed by atoms with Crippen molar-refractivity contribution >= 4 is 0 Å². The van der Waals surface area contributed by atoms with Crippen molar-refractivity contribution in [2.75, 3.05) is 26.2 Å². The molecule has 0 aliphatic carbocycles. The molecule has 1 aromatic carbocycles. The van der Waals surface area contributed by atoms with E-state index < -0.39 is 0 Å². The maximum Gasteiger partial charge on any atom is 0.0826 e. The van der Waals surface area contributed by atoms with Crippen LogP contribution >= 0.6 is 0 Å². The molecule has 2 nitrogen and oxygen atoms in total. The monoisotopic (exact) mass is 220 g/mol. The molecule has 0 aliphatic rings. The van der Waals surface area contributed by atoms with E-state index in [4.69, 9.17) is 4.74 Å². The normalized spacial score (nSPS) is 13.0. The first-order chi connectivity index (χ1) is 7.77. The lowest BCUT2D eigenvalue weighted by atomic mass is 10.1. The molecule has 0 N–H and O–H groups in total. The van der Waals surface area contributed by atoms with Gasteiger partial charge in [0.2, 0.25) is 0 Å². The van der Waals surface area contributed by atoms with Crippen molar-refractivity contribution in [3.8, 4) is 0 Å². The summed E-state index contributed by atoms with van der Waals surface area (Å²) < 4.78 is 5.71. The highest BCUT2D eigenvalue weighted by molar-refractivity contribution is 5.18. The summed E-state index contributed by atoms with van der Waals surface area (Å²) >= 11 is 0. The average Bonchev–Trinajstić information content (AvgIpc) is 2.35. The molecule has 1 atom stereocenters. The molecule has 1 unspecified atom stereocenters. The first-order valence-corrected chi connectivity index (χ1v) is 5.99. The molecule has 0 spiro atoms. The topological polar surface area (TPSA) is 12.5 Å².